The van der Waals surface area contributed by atoms with Gasteiger partial charge < -0.3 is 4.57 Å². The molecule has 0 atom stereocenters. The van der Waals surface area contributed by atoms with Gasteiger partial charge in [-0.25, -0.2) is 15.0 Å². The molecule has 0 aliphatic carbocycles. The van der Waals surface area contributed by atoms with Crippen molar-refractivity contribution in [2.24, 2.45) is 0 Å². The number of fused-ring (bicyclic) bond motifs is 8. The van der Waals surface area contributed by atoms with Crippen LogP contribution >= 0.6 is 0 Å². The molecule has 8 aromatic carbocycles. The molecule has 0 saturated carbocycles. The van der Waals surface area contributed by atoms with Crippen LogP contribution in [0.1, 0.15) is 0 Å². The molecule has 0 bridgehead atoms. The van der Waals surface area contributed by atoms with Gasteiger partial charge in [0.2, 0.25) is 0 Å². The van der Waals surface area contributed by atoms with E-state index in [0.717, 1.165) is 38.8 Å². The van der Waals surface area contributed by atoms with Crippen molar-refractivity contribution in [3.05, 3.63) is 170 Å². The van der Waals surface area contributed by atoms with E-state index in [0.29, 0.717) is 17.5 Å². The molecule has 4 heteroatoms. The van der Waals surface area contributed by atoms with Gasteiger partial charge in [-0.15, -0.1) is 0 Å². The van der Waals surface area contributed by atoms with Gasteiger partial charge in [0.25, 0.3) is 0 Å². The summed E-state index contributed by atoms with van der Waals surface area (Å²) >= 11 is 0. The molecular formula is C45H28N4. The van der Waals surface area contributed by atoms with Crippen molar-refractivity contribution in [2.45, 2.75) is 0 Å². The molecule has 2 aromatic heterocycles. The number of aromatic nitrogens is 4. The number of nitrogens with zero attached hydrogens (tertiary/aromatic N) is 4. The minimum Gasteiger partial charge on any atom is -0.309 e. The van der Waals surface area contributed by atoms with Crippen LogP contribution in [0.15, 0.2) is 170 Å². The standard InChI is InChI=1S/C45H28N4/c1-2-15-30(16-3-1)43-46-44(37-22-10-13-25-42(37)49-40-23-11-8-20-35(40)36-21-9-12-24-41(36)49)48-45(47-43)39-28-38-31-17-5-4-14-29(31)26-27-34(38)32-18-6-7-19-33(32)39/h1-28H. The Labute approximate surface area is 282 Å². The Morgan fingerprint density at radius 2 is 0.857 bits per heavy atom. The first-order valence-electron chi connectivity index (χ1n) is 16.5. The maximum atomic E-state index is 5.33. The van der Waals surface area contributed by atoms with E-state index in [-0.39, 0.29) is 0 Å². The van der Waals surface area contributed by atoms with Gasteiger partial charge in [-0.2, -0.15) is 0 Å². The molecule has 0 aliphatic heterocycles. The Kier molecular flexibility index (Phi) is 6.15. The highest BCUT2D eigenvalue weighted by molar-refractivity contribution is 6.20. The molecule has 0 unspecified atom stereocenters. The van der Waals surface area contributed by atoms with E-state index in [1.54, 1.807) is 0 Å². The van der Waals surface area contributed by atoms with Crippen LogP contribution in [0.3, 0.4) is 0 Å². The van der Waals surface area contributed by atoms with Crippen LogP contribution in [0.5, 0.6) is 0 Å². The molecular weight excluding hydrogens is 597 g/mol. The van der Waals surface area contributed by atoms with Crippen LogP contribution in [-0.2, 0) is 0 Å². The maximum absolute atomic E-state index is 5.33. The third kappa shape index (κ3) is 4.35. The van der Waals surface area contributed by atoms with Gasteiger partial charge in [0.05, 0.1) is 16.7 Å². The van der Waals surface area contributed by atoms with Gasteiger partial charge in [0.1, 0.15) is 0 Å². The van der Waals surface area contributed by atoms with Crippen LogP contribution in [0.2, 0.25) is 0 Å². The van der Waals surface area contributed by atoms with Crippen molar-refractivity contribution in [2.75, 3.05) is 0 Å². The highest BCUT2D eigenvalue weighted by Crippen LogP contribution is 2.39. The van der Waals surface area contributed by atoms with E-state index < -0.39 is 0 Å². The predicted molar refractivity (Wildman–Crippen MR) is 203 cm³/mol. The van der Waals surface area contributed by atoms with E-state index in [9.17, 15) is 0 Å². The largest absolute Gasteiger partial charge is 0.309 e. The van der Waals surface area contributed by atoms with Gasteiger partial charge in [0.15, 0.2) is 17.5 Å². The monoisotopic (exact) mass is 624 g/mol. The summed E-state index contributed by atoms with van der Waals surface area (Å²) in [6.07, 6.45) is 0. The van der Waals surface area contributed by atoms with Crippen molar-refractivity contribution in [3.63, 3.8) is 0 Å². The maximum Gasteiger partial charge on any atom is 0.166 e. The van der Waals surface area contributed by atoms with E-state index in [4.69, 9.17) is 15.0 Å². The van der Waals surface area contributed by atoms with Gasteiger partial charge in [-0.1, -0.05) is 140 Å². The zero-order valence-electron chi connectivity index (χ0n) is 26.5. The fourth-order valence-corrected chi connectivity index (χ4v) is 7.42. The molecule has 10 aromatic rings. The Hall–Kier alpha value is -6.65. The fraction of sp³-hybridized carbons (Fsp3) is 0. The number of benzene rings is 8. The number of rotatable bonds is 4. The zero-order valence-corrected chi connectivity index (χ0v) is 26.5. The quantitative estimate of drug-likeness (QED) is 0.183. The third-order valence-corrected chi connectivity index (χ3v) is 9.64. The van der Waals surface area contributed by atoms with Crippen LogP contribution in [-0.4, -0.2) is 19.5 Å². The molecule has 0 amide bonds. The SMILES string of the molecule is c1ccc(-c2nc(-c3ccccc3-n3c4ccccc4c4ccccc43)nc(-c3cc4c5ccccc5ccc4c4ccccc34)n2)cc1. The topological polar surface area (TPSA) is 43.6 Å². The van der Waals surface area contributed by atoms with E-state index >= 15 is 0 Å². The first-order valence-corrected chi connectivity index (χ1v) is 16.5. The molecule has 0 spiro atoms. The van der Waals surface area contributed by atoms with E-state index in [1.165, 1.54) is 37.7 Å². The minimum absolute atomic E-state index is 0.628. The van der Waals surface area contributed by atoms with Gasteiger partial charge in [-0.05, 0) is 62.6 Å². The highest BCUT2D eigenvalue weighted by atomic mass is 15.1. The summed E-state index contributed by atoms with van der Waals surface area (Å²) in [5, 5.41) is 9.52. The normalized spacial score (nSPS) is 11.7. The molecule has 0 radical (unpaired) electrons. The summed E-state index contributed by atoms with van der Waals surface area (Å²) in [4.78, 5) is 15.7. The van der Waals surface area contributed by atoms with Crippen LogP contribution in [0, 0.1) is 0 Å². The predicted octanol–water partition coefficient (Wildman–Crippen LogP) is 11.4. The molecule has 0 fully saturated rings. The van der Waals surface area contributed by atoms with E-state index in [1.807, 2.05) is 18.2 Å². The van der Waals surface area contributed by atoms with Crippen LogP contribution in [0.25, 0.3) is 94.0 Å². The lowest BCUT2D eigenvalue weighted by Crippen LogP contribution is -2.04. The molecule has 4 nitrogen and oxygen atoms in total. The number of para-hydroxylation sites is 3. The summed E-state index contributed by atoms with van der Waals surface area (Å²) in [6, 6.07) is 59.7. The van der Waals surface area contributed by atoms with Gasteiger partial charge in [-0.3, -0.25) is 0 Å². The van der Waals surface area contributed by atoms with Crippen molar-refractivity contribution in [1.29, 1.82) is 0 Å². The van der Waals surface area contributed by atoms with Gasteiger partial charge >= 0.3 is 0 Å². The molecule has 0 saturated heterocycles. The minimum atomic E-state index is 0.628. The van der Waals surface area contributed by atoms with Crippen molar-refractivity contribution in [1.82, 2.24) is 19.5 Å². The summed E-state index contributed by atoms with van der Waals surface area (Å²) in [7, 11) is 0. The van der Waals surface area contributed by atoms with Crippen molar-refractivity contribution >= 4 is 54.1 Å². The lowest BCUT2D eigenvalue weighted by atomic mass is 9.93. The second-order valence-electron chi connectivity index (χ2n) is 12.4. The summed E-state index contributed by atoms with van der Waals surface area (Å²) in [5.41, 5.74) is 6.16. The molecule has 10 rings (SSSR count). The first-order chi connectivity index (χ1) is 24.3. The molecule has 2 heterocycles. The number of hydrogen-bond donors (Lipinski definition) is 0. The van der Waals surface area contributed by atoms with Crippen molar-refractivity contribution < 1.29 is 0 Å². The molecule has 0 aliphatic rings. The highest BCUT2D eigenvalue weighted by Gasteiger charge is 2.20. The Bertz CT molecular complexity index is 2830. The fourth-order valence-electron chi connectivity index (χ4n) is 7.42. The zero-order chi connectivity index (χ0) is 32.3. The van der Waals surface area contributed by atoms with E-state index in [2.05, 4.69) is 156 Å². The Morgan fingerprint density at radius 1 is 0.327 bits per heavy atom. The van der Waals surface area contributed by atoms with Gasteiger partial charge in [0, 0.05) is 27.5 Å². The summed E-state index contributed by atoms with van der Waals surface area (Å²) < 4.78 is 2.34. The average Bonchev–Trinajstić information content (AvgIpc) is 3.52. The lowest BCUT2D eigenvalue weighted by Gasteiger charge is -2.16. The molecule has 228 valence electrons. The lowest BCUT2D eigenvalue weighted by molar-refractivity contribution is 1.07. The van der Waals surface area contributed by atoms with Crippen LogP contribution < -0.4 is 0 Å². The second kappa shape index (κ2) is 11.0. The Balaban J connectivity index is 1.29. The summed E-state index contributed by atoms with van der Waals surface area (Å²) in [6.45, 7) is 0. The summed E-state index contributed by atoms with van der Waals surface area (Å²) in [5.74, 6) is 1.91. The van der Waals surface area contributed by atoms with Crippen LogP contribution in [0.4, 0.5) is 0 Å². The van der Waals surface area contributed by atoms with Crippen molar-refractivity contribution in [3.8, 4) is 39.9 Å². The smallest absolute Gasteiger partial charge is 0.166 e. The first kappa shape index (κ1) is 27.5. The third-order valence-electron chi connectivity index (χ3n) is 9.64. The average molecular weight is 625 g/mol. The second-order valence-corrected chi connectivity index (χ2v) is 12.4. The number of hydrogen-bond acceptors (Lipinski definition) is 3. The molecule has 49 heavy (non-hydrogen) atoms. The Morgan fingerprint density at radius 3 is 1.61 bits per heavy atom. The molecule has 0 N–H and O–H groups in total.